The molecule has 0 spiro atoms. The van der Waals surface area contributed by atoms with Gasteiger partial charge in [-0.25, -0.2) is 17.6 Å². The Morgan fingerprint density at radius 3 is 2.18 bits per heavy atom. The average molecular weight is 484 g/mol. The van der Waals surface area contributed by atoms with Gasteiger partial charge in [0.2, 0.25) is 15.9 Å². The van der Waals surface area contributed by atoms with Gasteiger partial charge in [0, 0.05) is 37.4 Å². The van der Waals surface area contributed by atoms with Crippen LogP contribution in [0.15, 0.2) is 77.7 Å². The molecule has 0 aliphatic carbocycles. The molecule has 0 saturated carbocycles. The summed E-state index contributed by atoms with van der Waals surface area (Å²) in [5.41, 5.74) is 6.30. The number of carbonyl (C=O) groups is 2. The minimum absolute atomic E-state index is 0.0249. The number of amides is 1. The van der Waals surface area contributed by atoms with Gasteiger partial charge in [-0.2, -0.15) is 4.31 Å². The molecule has 1 aliphatic heterocycles. The van der Waals surface area contributed by atoms with Crippen LogP contribution in [0.1, 0.15) is 20.7 Å². The van der Waals surface area contributed by atoms with Crippen molar-refractivity contribution in [2.24, 2.45) is 5.73 Å². The summed E-state index contributed by atoms with van der Waals surface area (Å²) in [5, 5.41) is 0. The molecule has 1 amide bonds. The molecule has 8 nitrogen and oxygen atoms in total. The first-order valence-corrected chi connectivity index (χ1v) is 11.9. The summed E-state index contributed by atoms with van der Waals surface area (Å²) in [5.74, 6) is -1.64. The second kappa shape index (κ2) is 9.62. The molecule has 10 heteroatoms. The van der Waals surface area contributed by atoms with Gasteiger partial charge in [-0.1, -0.05) is 12.1 Å². The Hall–Kier alpha value is -3.76. The fourth-order valence-corrected chi connectivity index (χ4v) is 5.12. The molecular weight excluding hydrogens is 461 g/mol. The molecule has 3 aromatic rings. The fourth-order valence-electron chi connectivity index (χ4n) is 3.65. The van der Waals surface area contributed by atoms with Crippen molar-refractivity contribution in [3.8, 4) is 5.75 Å². The van der Waals surface area contributed by atoms with Crippen molar-refractivity contribution in [3.05, 3.63) is 89.7 Å². The van der Waals surface area contributed by atoms with Crippen molar-refractivity contribution in [1.82, 2.24) is 4.31 Å². The van der Waals surface area contributed by atoms with Crippen LogP contribution < -0.4 is 15.4 Å². The second-order valence-corrected chi connectivity index (χ2v) is 9.61. The number of ether oxygens (including phenoxy) is 1. The maximum atomic E-state index is 13.2. The number of rotatable bonds is 6. The molecule has 4 rings (SSSR count). The number of anilines is 1. The summed E-state index contributed by atoms with van der Waals surface area (Å²) in [6.07, 6.45) is 0. The summed E-state index contributed by atoms with van der Waals surface area (Å²) in [6.45, 7) is 1.38. The summed E-state index contributed by atoms with van der Waals surface area (Å²) in [6, 6.07) is 17.5. The predicted octanol–water partition coefficient (Wildman–Crippen LogP) is 2.65. The van der Waals surface area contributed by atoms with E-state index in [0.717, 1.165) is 5.69 Å². The number of esters is 1. The van der Waals surface area contributed by atoms with E-state index in [1.165, 1.54) is 65.0 Å². The van der Waals surface area contributed by atoms with Crippen LogP contribution >= 0.6 is 0 Å². The van der Waals surface area contributed by atoms with Gasteiger partial charge < -0.3 is 15.4 Å². The molecule has 2 N–H and O–H groups in total. The zero-order valence-corrected chi connectivity index (χ0v) is 18.9. The normalized spacial score (nSPS) is 14.6. The predicted molar refractivity (Wildman–Crippen MR) is 124 cm³/mol. The van der Waals surface area contributed by atoms with Crippen LogP contribution in [0.3, 0.4) is 0 Å². The van der Waals surface area contributed by atoms with E-state index in [-0.39, 0.29) is 40.7 Å². The van der Waals surface area contributed by atoms with Gasteiger partial charge in [0.15, 0.2) is 0 Å². The second-order valence-electron chi connectivity index (χ2n) is 7.68. The van der Waals surface area contributed by atoms with Crippen LogP contribution in [0.5, 0.6) is 5.75 Å². The Morgan fingerprint density at radius 1 is 0.853 bits per heavy atom. The Morgan fingerprint density at radius 2 is 1.50 bits per heavy atom. The third kappa shape index (κ3) is 5.08. The number of nitrogens with two attached hydrogens (primary N) is 1. The number of benzene rings is 3. The Kier molecular flexibility index (Phi) is 6.62. The number of nitrogens with zero attached hydrogens (tertiary/aromatic N) is 2. The molecule has 0 bridgehead atoms. The molecule has 1 fully saturated rings. The molecule has 0 aromatic heterocycles. The first-order valence-electron chi connectivity index (χ1n) is 10.5. The fraction of sp³-hybridized carbons (Fsp3) is 0.167. The highest BCUT2D eigenvalue weighted by atomic mass is 32.2. The van der Waals surface area contributed by atoms with Crippen molar-refractivity contribution in [2.75, 3.05) is 31.1 Å². The highest BCUT2D eigenvalue weighted by Gasteiger charge is 2.29. The number of primary amides is 1. The van der Waals surface area contributed by atoms with E-state index in [4.69, 9.17) is 10.5 Å². The Bertz CT molecular complexity index is 1320. The quantitative estimate of drug-likeness (QED) is 0.426. The standard InChI is InChI=1S/C24H22FN3O5S/c25-19-7-9-20(10-8-19)27-11-13-28(14-12-27)34(31,32)22-6-2-4-18(16-22)24(30)33-21-5-1-3-17(15-21)23(26)29/h1-10,15-16H,11-14H2,(H2,26,29). The molecule has 176 valence electrons. The minimum Gasteiger partial charge on any atom is -0.423 e. The highest BCUT2D eigenvalue weighted by Crippen LogP contribution is 2.23. The monoisotopic (exact) mass is 483 g/mol. The zero-order chi connectivity index (χ0) is 24.3. The Balaban J connectivity index is 1.46. The van der Waals surface area contributed by atoms with E-state index in [9.17, 15) is 22.4 Å². The lowest BCUT2D eigenvalue weighted by Crippen LogP contribution is -2.48. The topological polar surface area (TPSA) is 110 Å². The minimum atomic E-state index is -3.84. The zero-order valence-electron chi connectivity index (χ0n) is 18.1. The summed E-state index contributed by atoms with van der Waals surface area (Å²) < 4.78 is 46.2. The highest BCUT2D eigenvalue weighted by molar-refractivity contribution is 7.89. The maximum Gasteiger partial charge on any atom is 0.343 e. The van der Waals surface area contributed by atoms with Crippen LogP contribution in [0.4, 0.5) is 10.1 Å². The van der Waals surface area contributed by atoms with Gasteiger partial charge in [0.05, 0.1) is 10.5 Å². The van der Waals surface area contributed by atoms with Gasteiger partial charge in [-0.3, -0.25) is 4.79 Å². The number of halogens is 1. The van der Waals surface area contributed by atoms with Crippen LogP contribution in [0.2, 0.25) is 0 Å². The van der Waals surface area contributed by atoms with Crippen LogP contribution in [-0.2, 0) is 10.0 Å². The third-order valence-electron chi connectivity index (χ3n) is 5.47. The van der Waals surface area contributed by atoms with Gasteiger partial charge in [-0.15, -0.1) is 0 Å². The van der Waals surface area contributed by atoms with Gasteiger partial charge >= 0.3 is 5.97 Å². The lowest BCUT2D eigenvalue weighted by atomic mass is 10.2. The van der Waals surface area contributed by atoms with Gasteiger partial charge in [0.25, 0.3) is 0 Å². The number of hydrogen-bond acceptors (Lipinski definition) is 6. The van der Waals surface area contributed by atoms with Gasteiger partial charge in [-0.05, 0) is 60.7 Å². The smallest absolute Gasteiger partial charge is 0.343 e. The number of sulfonamides is 1. The lowest BCUT2D eigenvalue weighted by molar-refractivity contribution is 0.0733. The molecule has 1 heterocycles. The summed E-state index contributed by atoms with van der Waals surface area (Å²) in [7, 11) is -3.84. The average Bonchev–Trinajstić information content (AvgIpc) is 2.85. The van der Waals surface area contributed by atoms with Crippen LogP contribution in [-0.4, -0.2) is 50.8 Å². The Labute approximate surface area is 196 Å². The molecule has 3 aromatic carbocycles. The van der Waals surface area contributed by atoms with Crippen molar-refractivity contribution < 1.29 is 27.1 Å². The molecule has 1 aliphatic rings. The van der Waals surface area contributed by atoms with Crippen LogP contribution in [0, 0.1) is 5.82 Å². The number of piperazine rings is 1. The van der Waals surface area contributed by atoms with Crippen molar-refractivity contribution in [3.63, 3.8) is 0 Å². The van der Waals surface area contributed by atoms with E-state index in [1.807, 2.05) is 4.90 Å². The van der Waals surface area contributed by atoms with Crippen molar-refractivity contribution in [1.29, 1.82) is 0 Å². The van der Waals surface area contributed by atoms with Crippen molar-refractivity contribution >= 4 is 27.6 Å². The van der Waals surface area contributed by atoms with E-state index >= 15 is 0 Å². The molecule has 34 heavy (non-hydrogen) atoms. The molecule has 0 radical (unpaired) electrons. The lowest BCUT2D eigenvalue weighted by Gasteiger charge is -2.35. The van der Waals surface area contributed by atoms with E-state index in [1.54, 1.807) is 12.1 Å². The maximum absolute atomic E-state index is 13.2. The van der Waals surface area contributed by atoms with E-state index in [2.05, 4.69) is 0 Å². The van der Waals surface area contributed by atoms with Crippen LogP contribution in [0.25, 0.3) is 0 Å². The molecule has 0 unspecified atom stereocenters. The summed E-state index contributed by atoms with van der Waals surface area (Å²) >= 11 is 0. The molecule has 1 saturated heterocycles. The first-order chi connectivity index (χ1) is 16.2. The van der Waals surface area contributed by atoms with Crippen molar-refractivity contribution in [2.45, 2.75) is 4.90 Å². The van der Waals surface area contributed by atoms with E-state index < -0.39 is 21.9 Å². The first kappa shape index (κ1) is 23.4. The number of carbonyl (C=O) groups excluding carboxylic acids is 2. The summed E-state index contributed by atoms with van der Waals surface area (Å²) in [4.78, 5) is 25.9. The number of hydrogen-bond donors (Lipinski definition) is 1. The van der Waals surface area contributed by atoms with Gasteiger partial charge in [0.1, 0.15) is 11.6 Å². The largest absolute Gasteiger partial charge is 0.423 e. The molecular formula is C24H22FN3O5S. The third-order valence-corrected chi connectivity index (χ3v) is 7.36. The van der Waals surface area contributed by atoms with E-state index in [0.29, 0.717) is 13.1 Å². The SMILES string of the molecule is NC(=O)c1cccc(OC(=O)c2cccc(S(=O)(=O)N3CCN(c4ccc(F)cc4)CC3)c2)c1. The molecule has 0 atom stereocenters.